The highest BCUT2D eigenvalue weighted by atomic mass is 16.6. The van der Waals surface area contributed by atoms with Gasteiger partial charge in [0.1, 0.15) is 6.10 Å². The largest absolute Gasteiger partial charge is 0.488 e. The molecular weight excluding hydrogens is 314 g/mol. The van der Waals surface area contributed by atoms with Crippen molar-refractivity contribution >= 4 is 17.3 Å². The normalized spacial score (nSPS) is 18.5. The first-order valence-corrected chi connectivity index (χ1v) is 8.04. The van der Waals surface area contributed by atoms with Crippen molar-refractivity contribution in [2.24, 2.45) is 11.1 Å². The van der Waals surface area contributed by atoms with Crippen LogP contribution in [0, 0.1) is 15.5 Å². The van der Waals surface area contributed by atoms with E-state index in [1.54, 1.807) is 0 Å². The van der Waals surface area contributed by atoms with Crippen molar-refractivity contribution in [3.63, 3.8) is 0 Å². The van der Waals surface area contributed by atoms with Gasteiger partial charge in [0.25, 0.3) is 5.69 Å². The van der Waals surface area contributed by atoms with E-state index in [1.165, 1.54) is 12.1 Å². The number of carbonyl (C=O) groups excluding carboxylic acids is 1. The molecule has 8 nitrogen and oxygen atoms in total. The number of nitrogens with two attached hydrogens (primary N) is 1. The van der Waals surface area contributed by atoms with E-state index >= 15 is 0 Å². The van der Waals surface area contributed by atoms with Crippen LogP contribution in [0.4, 0.5) is 11.4 Å². The molecule has 1 saturated heterocycles. The zero-order valence-electron chi connectivity index (χ0n) is 13.5. The number of carbonyl (C=O) groups is 1. The lowest BCUT2D eigenvalue weighted by Crippen LogP contribution is -2.56. The molecule has 0 bridgehead atoms. The van der Waals surface area contributed by atoms with Gasteiger partial charge in [-0.1, -0.05) is 6.92 Å². The van der Waals surface area contributed by atoms with Crippen LogP contribution in [-0.2, 0) is 4.74 Å². The Morgan fingerprint density at radius 2 is 2.21 bits per heavy atom. The maximum atomic E-state index is 11.5. The first-order valence-electron chi connectivity index (χ1n) is 8.04. The molecule has 0 unspecified atom stereocenters. The minimum Gasteiger partial charge on any atom is -0.488 e. The topological polar surface area (TPSA) is 117 Å². The predicted molar refractivity (Wildman–Crippen MR) is 87.3 cm³/mol. The van der Waals surface area contributed by atoms with Crippen molar-refractivity contribution < 1.29 is 19.2 Å². The Bertz CT molecular complexity index is 664. The first kappa shape index (κ1) is 16.5. The van der Waals surface area contributed by atoms with Gasteiger partial charge in [-0.05, 0) is 25.3 Å². The number of nitro groups is 1. The van der Waals surface area contributed by atoms with Crippen molar-refractivity contribution in [3.8, 4) is 5.75 Å². The van der Waals surface area contributed by atoms with Crippen LogP contribution in [0.5, 0.6) is 5.75 Å². The third kappa shape index (κ3) is 3.01. The molecule has 2 aliphatic rings. The summed E-state index contributed by atoms with van der Waals surface area (Å²) in [5.74, 6) is -0.408. The standard InChI is InChI=1S/C16H21N3O5/c1-2-3-18-14-12(19(21)22)4-10(15(17)20)5-13(14)24-11-6-16(7-11)8-23-9-16/h4-5,11,18H,2-3,6-9H2,1H3,(H2,17,20). The third-order valence-corrected chi connectivity index (χ3v) is 4.55. The van der Waals surface area contributed by atoms with Crippen molar-refractivity contribution in [3.05, 3.63) is 27.8 Å². The molecule has 1 amide bonds. The Hall–Kier alpha value is -2.35. The molecule has 1 heterocycles. The highest BCUT2D eigenvalue weighted by molar-refractivity contribution is 5.95. The second-order valence-corrected chi connectivity index (χ2v) is 6.56. The molecule has 24 heavy (non-hydrogen) atoms. The molecule has 3 N–H and O–H groups in total. The summed E-state index contributed by atoms with van der Waals surface area (Å²) >= 11 is 0. The molecule has 1 saturated carbocycles. The molecule has 2 fully saturated rings. The van der Waals surface area contributed by atoms with Gasteiger partial charge in [0, 0.05) is 23.6 Å². The van der Waals surface area contributed by atoms with Gasteiger partial charge in [-0.25, -0.2) is 0 Å². The van der Waals surface area contributed by atoms with Crippen LogP contribution < -0.4 is 15.8 Å². The summed E-state index contributed by atoms with van der Waals surface area (Å²) in [6, 6.07) is 2.67. The van der Waals surface area contributed by atoms with Crippen molar-refractivity contribution in [1.29, 1.82) is 0 Å². The van der Waals surface area contributed by atoms with Gasteiger partial charge in [-0.15, -0.1) is 0 Å². The SMILES string of the molecule is CCCNc1c(OC2CC3(COC3)C2)cc(C(N)=O)cc1[N+](=O)[O-]. The van der Waals surface area contributed by atoms with E-state index in [9.17, 15) is 14.9 Å². The van der Waals surface area contributed by atoms with E-state index in [-0.39, 0.29) is 22.8 Å². The van der Waals surface area contributed by atoms with Crippen molar-refractivity contribution in [1.82, 2.24) is 0 Å². The number of amides is 1. The fraction of sp³-hybridized carbons (Fsp3) is 0.562. The fourth-order valence-corrected chi connectivity index (χ4v) is 3.20. The quantitative estimate of drug-likeness (QED) is 0.582. The number of rotatable bonds is 7. The lowest BCUT2D eigenvalue weighted by atomic mass is 9.65. The van der Waals surface area contributed by atoms with Crippen LogP contribution in [0.1, 0.15) is 36.5 Å². The molecule has 1 aliphatic carbocycles. The van der Waals surface area contributed by atoms with Crippen LogP contribution in [0.3, 0.4) is 0 Å². The van der Waals surface area contributed by atoms with Gasteiger partial charge in [-0.3, -0.25) is 14.9 Å². The lowest BCUT2D eigenvalue weighted by Gasteiger charge is -2.52. The molecule has 0 radical (unpaired) electrons. The summed E-state index contributed by atoms with van der Waals surface area (Å²) in [4.78, 5) is 22.3. The number of hydrogen-bond donors (Lipinski definition) is 2. The van der Waals surface area contributed by atoms with Crippen molar-refractivity contribution in [2.75, 3.05) is 25.1 Å². The summed E-state index contributed by atoms with van der Waals surface area (Å²) in [7, 11) is 0. The van der Waals surface area contributed by atoms with Crippen LogP contribution in [0.15, 0.2) is 12.1 Å². The van der Waals surface area contributed by atoms with E-state index in [0.29, 0.717) is 18.0 Å². The van der Waals surface area contributed by atoms with Gasteiger partial charge in [0.15, 0.2) is 11.4 Å². The number of nitrogens with zero attached hydrogens (tertiary/aromatic N) is 1. The van der Waals surface area contributed by atoms with E-state index in [1.807, 2.05) is 6.92 Å². The Labute approximate surface area is 139 Å². The monoisotopic (exact) mass is 335 g/mol. The van der Waals surface area contributed by atoms with E-state index in [0.717, 1.165) is 32.5 Å². The van der Waals surface area contributed by atoms with Crippen LogP contribution >= 0.6 is 0 Å². The van der Waals surface area contributed by atoms with Gasteiger partial charge in [-0.2, -0.15) is 0 Å². The zero-order valence-corrected chi connectivity index (χ0v) is 13.5. The van der Waals surface area contributed by atoms with Crippen LogP contribution in [-0.4, -0.2) is 36.7 Å². The molecule has 1 spiro atoms. The van der Waals surface area contributed by atoms with E-state index in [4.69, 9.17) is 15.2 Å². The second kappa shape index (κ2) is 6.27. The molecular formula is C16H21N3O5. The molecule has 8 heteroatoms. The molecule has 1 aromatic carbocycles. The molecule has 1 aromatic rings. The number of ether oxygens (including phenoxy) is 2. The third-order valence-electron chi connectivity index (χ3n) is 4.55. The number of anilines is 1. The number of hydrogen-bond acceptors (Lipinski definition) is 6. The Balaban J connectivity index is 1.88. The van der Waals surface area contributed by atoms with Gasteiger partial charge in [0.05, 0.1) is 18.1 Å². The molecule has 3 rings (SSSR count). The zero-order chi connectivity index (χ0) is 17.3. The molecule has 0 atom stereocenters. The van der Waals surface area contributed by atoms with Gasteiger partial charge in [0.2, 0.25) is 5.91 Å². The minimum absolute atomic E-state index is 0.0289. The fourth-order valence-electron chi connectivity index (χ4n) is 3.20. The predicted octanol–water partition coefficient (Wildman–Crippen LogP) is 2.07. The summed E-state index contributed by atoms with van der Waals surface area (Å²) in [5.41, 5.74) is 5.69. The molecule has 1 aliphatic heterocycles. The Morgan fingerprint density at radius 1 is 1.50 bits per heavy atom. The Morgan fingerprint density at radius 3 is 2.71 bits per heavy atom. The highest BCUT2D eigenvalue weighted by Crippen LogP contribution is 2.49. The van der Waals surface area contributed by atoms with E-state index in [2.05, 4.69) is 5.32 Å². The lowest BCUT2D eigenvalue weighted by molar-refractivity contribution is -0.384. The molecule has 130 valence electrons. The summed E-state index contributed by atoms with van der Waals surface area (Å²) in [6.45, 7) is 4.02. The number of nitrogens with one attached hydrogen (secondary N) is 1. The van der Waals surface area contributed by atoms with Gasteiger partial charge >= 0.3 is 0 Å². The summed E-state index contributed by atoms with van der Waals surface area (Å²) in [6.07, 6.45) is 2.49. The smallest absolute Gasteiger partial charge is 0.296 e. The highest BCUT2D eigenvalue weighted by Gasteiger charge is 2.51. The minimum atomic E-state index is -0.720. The average molecular weight is 335 g/mol. The maximum absolute atomic E-state index is 11.5. The van der Waals surface area contributed by atoms with Crippen LogP contribution in [0.25, 0.3) is 0 Å². The van der Waals surface area contributed by atoms with Crippen molar-refractivity contribution in [2.45, 2.75) is 32.3 Å². The average Bonchev–Trinajstić information content (AvgIpc) is 2.45. The summed E-state index contributed by atoms with van der Waals surface area (Å²) in [5, 5.41) is 14.4. The Kier molecular flexibility index (Phi) is 4.31. The van der Waals surface area contributed by atoms with Gasteiger partial charge < -0.3 is 20.5 Å². The number of primary amides is 1. The second-order valence-electron chi connectivity index (χ2n) is 6.56. The number of nitro benzene ring substituents is 1. The number of benzene rings is 1. The maximum Gasteiger partial charge on any atom is 0.296 e. The molecule has 0 aromatic heterocycles. The first-order chi connectivity index (χ1) is 11.4. The van der Waals surface area contributed by atoms with Crippen LogP contribution in [0.2, 0.25) is 0 Å². The van der Waals surface area contributed by atoms with E-state index < -0.39 is 10.8 Å². The summed E-state index contributed by atoms with van der Waals surface area (Å²) < 4.78 is 11.2.